The fraction of sp³-hybridized carbons (Fsp3) is 0.643. The van der Waals surface area contributed by atoms with Gasteiger partial charge in [0.2, 0.25) is 5.91 Å². The van der Waals surface area contributed by atoms with Crippen LogP contribution in [0.5, 0.6) is 0 Å². The van der Waals surface area contributed by atoms with Gasteiger partial charge in [-0.1, -0.05) is 6.92 Å². The summed E-state index contributed by atoms with van der Waals surface area (Å²) >= 11 is 0. The summed E-state index contributed by atoms with van der Waals surface area (Å²) in [5.41, 5.74) is 1.01. The summed E-state index contributed by atoms with van der Waals surface area (Å²) in [6, 6.07) is 1.96. The number of hydrogen-bond donors (Lipinski definition) is 1. The molecule has 1 fully saturated rings. The van der Waals surface area contributed by atoms with Crippen molar-refractivity contribution in [1.82, 2.24) is 20.2 Å². The molecule has 1 aromatic heterocycles. The maximum absolute atomic E-state index is 12.2. The Kier molecular flexibility index (Phi) is 4.89. The van der Waals surface area contributed by atoms with Crippen LogP contribution in [0.2, 0.25) is 0 Å². The van der Waals surface area contributed by atoms with Gasteiger partial charge >= 0.3 is 0 Å². The monoisotopic (exact) mass is 277 g/mol. The maximum atomic E-state index is 12.2. The van der Waals surface area contributed by atoms with Gasteiger partial charge in [0.05, 0.1) is 6.54 Å². The van der Waals surface area contributed by atoms with E-state index in [4.69, 9.17) is 0 Å². The van der Waals surface area contributed by atoms with E-state index in [-0.39, 0.29) is 5.91 Å². The summed E-state index contributed by atoms with van der Waals surface area (Å²) < 4.78 is 0. The Morgan fingerprint density at radius 2 is 2.10 bits per heavy atom. The van der Waals surface area contributed by atoms with Crippen molar-refractivity contribution in [3.63, 3.8) is 0 Å². The molecule has 1 amide bonds. The normalized spacial score (nSPS) is 15.2. The zero-order valence-corrected chi connectivity index (χ0v) is 12.5. The van der Waals surface area contributed by atoms with Crippen LogP contribution in [0, 0.1) is 6.92 Å². The van der Waals surface area contributed by atoms with Crippen molar-refractivity contribution in [3.8, 4) is 0 Å². The molecule has 6 heteroatoms. The number of amides is 1. The smallest absolute Gasteiger partial charge is 0.242 e. The lowest BCUT2D eigenvalue weighted by atomic mass is 10.3. The van der Waals surface area contributed by atoms with Gasteiger partial charge in [-0.3, -0.25) is 4.79 Å². The molecule has 0 bridgehead atoms. The van der Waals surface area contributed by atoms with Gasteiger partial charge in [0.25, 0.3) is 0 Å². The average Bonchev–Trinajstić information content (AvgIpc) is 2.47. The van der Waals surface area contributed by atoms with Crippen molar-refractivity contribution < 1.29 is 4.79 Å². The number of nitrogens with one attached hydrogen (secondary N) is 1. The Morgan fingerprint density at radius 1 is 1.40 bits per heavy atom. The lowest BCUT2D eigenvalue weighted by Gasteiger charge is -2.29. The number of piperazine rings is 1. The van der Waals surface area contributed by atoms with Gasteiger partial charge in [0, 0.05) is 45.0 Å². The number of aryl methyl sites for hydroxylation is 2. The van der Waals surface area contributed by atoms with E-state index in [1.54, 1.807) is 0 Å². The van der Waals surface area contributed by atoms with Crippen molar-refractivity contribution in [2.75, 3.05) is 44.7 Å². The van der Waals surface area contributed by atoms with Crippen molar-refractivity contribution >= 4 is 11.7 Å². The van der Waals surface area contributed by atoms with Crippen molar-refractivity contribution in [1.29, 1.82) is 0 Å². The van der Waals surface area contributed by atoms with E-state index in [0.29, 0.717) is 6.54 Å². The van der Waals surface area contributed by atoms with E-state index in [0.717, 1.165) is 49.9 Å². The molecule has 1 aliphatic heterocycles. The zero-order valence-electron chi connectivity index (χ0n) is 12.5. The quantitative estimate of drug-likeness (QED) is 0.853. The molecule has 0 aliphatic carbocycles. The number of likely N-dealkylation sites (N-methyl/N-ethyl adjacent to an activating group) is 1. The number of nitrogens with zero attached hydrogens (tertiary/aromatic N) is 4. The van der Waals surface area contributed by atoms with Crippen LogP contribution in [-0.4, -0.2) is 60.5 Å². The summed E-state index contributed by atoms with van der Waals surface area (Å²) in [4.78, 5) is 24.8. The van der Waals surface area contributed by atoms with Crippen LogP contribution in [0.4, 0.5) is 5.82 Å². The van der Waals surface area contributed by atoms with Gasteiger partial charge in [-0.25, -0.2) is 9.97 Å². The van der Waals surface area contributed by atoms with Crippen molar-refractivity contribution in [2.24, 2.45) is 0 Å². The summed E-state index contributed by atoms with van der Waals surface area (Å²) in [6.07, 6.45) is 0.871. The second-order valence-corrected chi connectivity index (χ2v) is 5.11. The number of hydrogen-bond acceptors (Lipinski definition) is 5. The molecule has 1 saturated heterocycles. The van der Waals surface area contributed by atoms with Crippen LogP contribution in [-0.2, 0) is 11.2 Å². The predicted octanol–water partition coefficient (Wildman–Crippen LogP) is 0.215. The zero-order chi connectivity index (χ0) is 14.5. The van der Waals surface area contributed by atoms with Gasteiger partial charge in [-0.2, -0.15) is 0 Å². The van der Waals surface area contributed by atoms with Crippen molar-refractivity contribution in [3.05, 3.63) is 17.6 Å². The molecule has 2 rings (SSSR count). The molecule has 1 aromatic rings. The minimum absolute atomic E-state index is 0.156. The highest BCUT2D eigenvalue weighted by molar-refractivity contribution is 5.81. The molecule has 0 atom stereocenters. The van der Waals surface area contributed by atoms with E-state index in [1.807, 2.05) is 29.8 Å². The topological polar surface area (TPSA) is 61.4 Å². The standard InChI is InChI=1S/C14H23N5O/c1-4-12-9-13(17-11(2)16-12)18(3)10-14(20)19-7-5-15-6-8-19/h9,15H,4-8,10H2,1-3H3. The molecule has 0 spiro atoms. The van der Waals surface area contributed by atoms with E-state index in [9.17, 15) is 4.79 Å². The Labute approximate surface area is 120 Å². The maximum Gasteiger partial charge on any atom is 0.242 e. The van der Waals surface area contributed by atoms with Crippen LogP contribution in [0.15, 0.2) is 6.07 Å². The summed E-state index contributed by atoms with van der Waals surface area (Å²) in [7, 11) is 1.90. The van der Waals surface area contributed by atoms with Crippen LogP contribution < -0.4 is 10.2 Å². The molecule has 0 radical (unpaired) electrons. The fourth-order valence-electron chi connectivity index (χ4n) is 2.29. The number of anilines is 1. The van der Waals surface area contributed by atoms with Gasteiger partial charge in [0.1, 0.15) is 11.6 Å². The third kappa shape index (κ3) is 3.66. The summed E-state index contributed by atoms with van der Waals surface area (Å²) in [5.74, 6) is 1.72. The molecule has 110 valence electrons. The van der Waals surface area contributed by atoms with E-state index < -0.39 is 0 Å². The second kappa shape index (κ2) is 6.65. The van der Waals surface area contributed by atoms with Gasteiger partial charge in [0.15, 0.2) is 0 Å². The third-order valence-electron chi connectivity index (χ3n) is 3.47. The van der Waals surface area contributed by atoms with Gasteiger partial charge in [-0.05, 0) is 13.3 Å². The summed E-state index contributed by atoms with van der Waals surface area (Å²) in [6.45, 7) is 7.64. The minimum Gasteiger partial charge on any atom is -0.350 e. The first kappa shape index (κ1) is 14.7. The van der Waals surface area contributed by atoms with Gasteiger partial charge < -0.3 is 15.1 Å². The first-order chi connectivity index (χ1) is 9.60. The summed E-state index contributed by atoms with van der Waals surface area (Å²) in [5, 5.41) is 3.25. The van der Waals surface area contributed by atoms with E-state index in [1.165, 1.54) is 0 Å². The lowest BCUT2D eigenvalue weighted by Crippen LogP contribution is -2.49. The fourth-order valence-corrected chi connectivity index (χ4v) is 2.29. The largest absolute Gasteiger partial charge is 0.350 e. The van der Waals surface area contributed by atoms with E-state index in [2.05, 4.69) is 22.2 Å². The minimum atomic E-state index is 0.156. The highest BCUT2D eigenvalue weighted by Crippen LogP contribution is 2.12. The first-order valence-corrected chi connectivity index (χ1v) is 7.14. The Hall–Kier alpha value is -1.69. The predicted molar refractivity (Wildman–Crippen MR) is 78.9 cm³/mol. The number of carbonyl (C=O) groups is 1. The van der Waals surface area contributed by atoms with Crippen LogP contribution in [0.1, 0.15) is 18.4 Å². The Morgan fingerprint density at radius 3 is 2.75 bits per heavy atom. The number of carbonyl (C=O) groups excluding carboxylic acids is 1. The molecule has 0 saturated carbocycles. The third-order valence-corrected chi connectivity index (χ3v) is 3.47. The second-order valence-electron chi connectivity index (χ2n) is 5.11. The molecule has 2 heterocycles. The molecule has 1 N–H and O–H groups in total. The van der Waals surface area contributed by atoms with Gasteiger partial charge in [-0.15, -0.1) is 0 Å². The Bertz CT molecular complexity index is 471. The Balaban J connectivity index is 2.01. The van der Waals surface area contributed by atoms with Crippen molar-refractivity contribution in [2.45, 2.75) is 20.3 Å². The molecule has 1 aliphatic rings. The number of aromatic nitrogens is 2. The molecule has 20 heavy (non-hydrogen) atoms. The molecular weight excluding hydrogens is 254 g/mol. The highest BCUT2D eigenvalue weighted by atomic mass is 16.2. The lowest BCUT2D eigenvalue weighted by molar-refractivity contribution is -0.130. The molecule has 6 nitrogen and oxygen atoms in total. The van der Waals surface area contributed by atoms with E-state index >= 15 is 0 Å². The molecular formula is C14H23N5O. The molecule has 0 unspecified atom stereocenters. The van der Waals surface area contributed by atoms with Crippen LogP contribution in [0.3, 0.4) is 0 Å². The van der Waals surface area contributed by atoms with Crippen LogP contribution >= 0.6 is 0 Å². The SMILES string of the molecule is CCc1cc(N(C)CC(=O)N2CCNCC2)nc(C)n1. The molecule has 0 aromatic carbocycles. The number of rotatable bonds is 4. The highest BCUT2D eigenvalue weighted by Gasteiger charge is 2.18. The van der Waals surface area contributed by atoms with Crippen LogP contribution in [0.25, 0.3) is 0 Å². The average molecular weight is 277 g/mol. The first-order valence-electron chi connectivity index (χ1n) is 7.14.